The average molecular weight is 385 g/mol. The van der Waals surface area contributed by atoms with E-state index in [1.165, 1.54) is 49.2 Å². The van der Waals surface area contributed by atoms with Crippen LogP contribution in [-0.4, -0.2) is 54.6 Å². The van der Waals surface area contributed by atoms with E-state index in [-0.39, 0.29) is 12.5 Å². The van der Waals surface area contributed by atoms with Gasteiger partial charge in [-0.15, -0.1) is 0 Å². The Bertz CT molecular complexity index is 768. The third-order valence-electron chi connectivity index (χ3n) is 5.75. The number of nitrogens with one attached hydrogen (secondary N) is 1. The van der Waals surface area contributed by atoms with Crippen molar-refractivity contribution >= 4 is 28.4 Å². The molecule has 2 aliphatic rings. The first kappa shape index (κ1) is 18.6. The Morgan fingerprint density at radius 1 is 1.11 bits per heavy atom. The summed E-state index contributed by atoms with van der Waals surface area (Å²) in [5.74, 6) is 3.93. The Hall–Kier alpha value is -1.72. The van der Waals surface area contributed by atoms with Crippen LogP contribution < -0.4 is 10.1 Å². The molecule has 0 spiro atoms. The van der Waals surface area contributed by atoms with Gasteiger partial charge in [-0.2, -0.15) is 11.8 Å². The van der Waals surface area contributed by atoms with Gasteiger partial charge in [0.1, 0.15) is 5.75 Å². The Kier molecular flexibility index (Phi) is 6.20. The summed E-state index contributed by atoms with van der Waals surface area (Å²) in [6, 6.07) is 14.9. The van der Waals surface area contributed by atoms with Crippen molar-refractivity contribution in [2.75, 3.05) is 37.7 Å². The summed E-state index contributed by atoms with van der Waals surface area (Å²) >= 11 is 2.08. The van der Waals surface area contributed by atoms with Crippen LogP contribution in [0.1, 0.15) is 19.3 Å². The molecule has 5 heteroatoms. The molecule has 0 aromatic heterocycles. The smallest absolute Gasteiger partial charge is 0.257 e. The number of nitrogens with zero attached hydrogens (tertiary/aromatic N) is 1. The molecule has 144 valence electrons. The molecule has 2 fully saturated rings. The maximum Gasteiger partial charge on any atom is 0.257 e. The zero-order valence-electron chi connectivity index (χ0n) is 15.7. The number of hydrogen-bond acceptors (Lipinski definition) is 4. The topological polar surface area (TPSA) is 41.6 Å². The normalized spacial score (nSPS) is 21.4. The molecule has 0 saturated carbocycles. The van der Waals surface area contributed by atoms with Crippen LogP contribution in [0.4, 0.5) is 0 Å². The number of carbonyl (C=O) groups is 1. The van der Waals surface area contributed by atoms with Crippen molar-refractivity contribution in [1.29, 1.82) is 0 Å². The number of carbonyl (C=O) groups excluding carboxylic acids is 1. The molecule has 1 atom stereocenters. The van der Waals surface area contributed by atoms with Crippen molar-refractivity contribution in [2.45, 2.75) is 25.3 Å². The highest BCUT2D eigenvalue weighted by atomic mass is 32.2. The molecule has 2 heterocycles. The van der Waals surface area contributed by atoms with E-state index in [9.17, 15) is 4.79 Å². The van der Waals surface area contributed by atoms with Crippen LogP contribution in [-0.2, 0) is 4.79 Å². The summed E-state index contributed by atoms with van der Waals surface area (Å²) in [6.07, 6.45) is 3.72. The number of benzene rings is 2. The fraction of sp³-hybridized carbons (Fsp3) is 0.500. The van der Waals surface area contributed by atoms with Gasteiger partial charge in [0, 0.05) is 18.3 Å². The molecule has 0 aliphatic carbocycles. The van der Waals surface area contributed by atoms with Gasteiger partial charge in [-0.25, -0.2) is 0 Å². The molecule has 2 saturated heterocycles. The van der Waals surface area contributed by atoms with E-state index >= 15 is 0 Å². The van der Waals surface area contributed by atoms with E-state index in [2.05, 4.69) is 34.1 Å². The first-order valence-electron chi connectivity index (χ1n) is 9.98. The highest BCUT2D eigenvalue weighted by Gasteiger charge is 2.27. The van der Waals surface area contributed by atoms with E-state index in [1.54, 1.807) is 0 Å². The molecule has 4 rings (SSSR count). The monoisotopic (exact) mass is 384 g/mol. The van der Waals surface area contributed by atoms with Crippen molar-refractivity contribution in [3.8, 4) is 5.75 Å². The Morgan fingerprint density at radius 2 is 1.93 bits per heavy atom. The highest BCUT2D eigenvalue weighted by molar-refractivity contribution is 7.99. The lowest BCUT2D eigenvalue weighted by atomic mass is 9.95. The van der Waals surface area contributed by atoms with Gasteiger partial charge in [-0.3, -0.25) is 9.69 Å². The molecular formula is C22H28N2O2S. The zero-order valence-corrected chi connectivity index (χ0v) is 16.5. The zero-order chi connectivity index (χ0) is 18.5. The molecule has 1 amide bonds. The molecule has 0 radical (unpaired) electrons. The number of ether oxygens (including phenoxy) is 1. The second-order valence-corrected chi connectivity index (χ2v) is 8.75. The van der Waals surface area contributed by atoms with Crippen molar-refractivity contribution in [3.63, 3.8) is 0 Å². The molecule has 0 bridgehead atoms. The average Bonchev–Trinajstić information content (AvgIpc) is 3.26. The van der Waals surface area contributed by atoms with Crippen LogP contribution in [0.2, 0.25) is 0 Å². The maximum atomic E-state index is 12.1. The largest absolute Gasteiger partial charge is 0.484 e. The second-order valence-electron chi connectivity index (χ2n) is 7.60. The number of hydrogen-bond donors (Lipinski definition) is 1. The van der Waals surface area contributed by atoms with Crippen LogP contribution in [0.5, 0.6) is 5.75 Å². The lowest BCUT2D eigenvalue weighted by Gasteiger charge is -2.35. The van der Waals surface area contributed by atoms with Crippen molar-refractivity contribution in [2.24, 2.45) is 5.92 Å². The standard InChI is InChI=1S/C22H28N2O2S/c25-22(15-26-21-6-5-18-3-1-2-4-19(18)13-21)23-14-17-7-10-24(11-8-17)20-9-12-27-16-20/h1-6,13,17,20H,7-12,14-16H2,(H,23,25)/t20-/m1/s1. The first-order chi connectivity index (χ1) is 13.3. The molecular weight excluding hydrogens is 356 g/mol. The number of fused-ring (bicyclic) bond motifs is 1. The molecule has 2 aliphatic heterocycles. The molecule has 2 aromatic carbocycles. The predicted molar refractivity (Wildman–Crippen MR) is 112 cm³/mol. The van der Waals surface area contributed by atoms with Gasteiger partial charge in [0.25, 0.3) is 5.91 Å². The SMILES string of the molecule is O=C(COc1ccc2ccccc2c1)NCC1CCN([C@@H]2CCSC2)CC1. The fourth-order valence-electron chi connectivity index (χ4n) is 4.05. The molecule has 2 aromatic rings. The summed E-state index contributed by atoms with van der Waals surface area (Å²) in [4.78, 5) is 14.8. The van der Waals surface area contributed by atoms with Gasteiger partial charge >= 0.3 is 0 Å². The maximum absolute atomic E-state index is 12.1. The minimum atomic E-state index is -0.0298. The molecule has 1 N–H and O–H groups in total. The van der Waals surface area contributed by atoms with Crippen LogP contribution in [0.3, 0.4) is 0 Å². The molecule has 4 nitrogen and oxygen atoms in total. The highest BCUT2D eigenvalue weighted by Crippen LogP contribution is 2.26. The molecule has 27 heavy (non-hydrogen) atoms. The van der Waals surface area contributed by atoms with Crippen molar-refractivity contribution in [1.82, 2.24) is 10.2 Å². The Morgan fingerprint density at radius 3 is 2.70 bits per heavy atom. The summed E-state index contributed by atoms with van der Waals surface area (Å²) in [5.41, 5.74) is 0. The van der Waals surface area contributed by atoms with Crippen molar-refractivity contribution < 1.29 is 9.53 Å². The number of rotatable bonds is 6. The number of piperidine rings is 1. The summed E-state index contributed by atoms with van der Waals surface area (Å²) in [5, 5.41) is 5.36. The van der Waals surface area contributed by atoms with E-state index in [0.717, 1.165) is 23.7 Å². The van der Waals surface area contributed by atoms with E-state index < -0.39 is 0 Å². The fourth-order valence-corrected chi connectivity index (χ4v) is 5.30. The molecule has 0 unspecified atom stereocenters. The van der Waals surface area contributed by atoms with E-state index in [1.807, 2.05) is 30.3 Å². The van der Waals surface area contributed by atoms with Gasteiger partial charge in [-0.1, -0.05) is 30.3 Å². The summed E-state index contributed by atoms with van der Waals surface area (Å²) < 4.78 is 5.68. The van der Waals surface area contributed by atoms with E-state index in [0.29, 0.717) is 5.92 Å². The lowest BCUT2D eigenvalue weighted by molar-refractivity contribution is -0.123. The van der Waals surface area contributed by atoms with Crippen LogP contribution in [0, 0.1) is 5.92 Å². The van der Waals surface area contributed by atoms with Crippen molar-refractivity contribution in [3.05, 3.63) is 42.5 Å². The summed E-state index contributed by atoms with van der Waals surface area (Å²) in [6.45, 7) is 3.21. The van der Waals surface area contributed by atoms with Crippen LogP contribution in [0.25, 0.3) is 10.8 Å². The predicted octanol–water partition coefficient (Wildman–Crippen LogP) is 3.55. The van der Waals surface area contributed by atoms with Gasteiger partial charge in [0.15, 0.2) is 6.61 Å². The quantitative estimate of drug-likeness (QED) is 0.827. The number of amides is 1. The number of likely N-dealkylation sites (tertiary alicyclic amines) is 1. The Balaban J connectivity index is 1.17. The third-order valence-corrected chi connectivity index (χ3v) is 6.89. The van der Waals surface area contributed by atoms with Gasteiger partial charge in [-0.05, 0) is 66.9 Å². The summed E-state index contributed by atoms with van der Waals surface area (Å²) in [7, 11) is 0. The second kappa shape index (κ2) is 8.98. The first-order valence-corrected chi connectivity index (χ1v) is 11.1. The van der Waals surface area contributed by atoms with Crippen LogP contribution >= 0.6 is 11.8 Å². The van der Waals surface area contributed by atoms with Gasteiger partial charge in [0.05, 0.1) is 0 Å². The lowest BCUT2D eigenvalue weighted by Crippen LogP contribution is -2.44. The van der Waals surface area contributed by atoms with Gasteiger partial charge in [0.2, 0.25) is 0 Å². The number of thioether (sulfide) groups is 1. The van der Waals surface area contributed by atoms with E-state index in [4.69, 9.17) is 4.74 Å². The van der Waals surface area contributed by atoms with Crippen LogP contribution in [0.15, 0.2) is 42.5 Å². The minimum Gasteiger partial charge on any atom is -0.484 e. The Labute approximate surface area is 165 Å². The minimum absolute atomic E-state index is 0.0298. The van der Waals surface area contributed by atoms with Gasteiger partial charge < -0.3 is 10.1 Å². The third kappa shape index (κ3) is 4.96.